The van der Waals surface area contributed by atoms with Crippen molar-refractivity contribution >= 4 is 60.5 Å². The molecule has 5 nitrogen and oxygen atoms in total. The van der Waals surface area contributed by atoms with E-state index in [1.807, 2.05) is 24.3 Å². The summed E-state index contributed by atoms with van der Waals surface area (Å²) in [5.74, 6) is 3.01. The third-order valence-electron chi connectivity index (χ3n) is 11.9. The standard InChI is InChI=1S/C54H35N3O2/c1-32-27-28-40-44-23-12-25-46(51(44)59-48(40)31-32)53-55-52(45-24-11-22-43-39-18-7-8-26-47(39)58-50(43)45)56-54(57-53)49-41-21-10-19-36(33-13-3-2-4-14-33)38(41)29-30-42(49)37-20-9-16-34-15-5-6-17-35(34)37/h2-30,32H,31H2,1H3. The highest BCUT2D eigenvalue weighted by molar-refractivity contribution is 6.12. The summed E-state index contributed by atoms with van der Waals surface area (Å²) in [5, 5.41) is 7.60. The Balaban J connectivity index is 1.20. The summed E-state index contributed by atoms with van der Waals surface area (Å²) in [4.78, 5) is 16.3. The second-order valence-corrected chi connectivity index (χ2v) is 15.5. The third kappa shape index (κ3) is 5.35. The molecule has 0 N–H and O–H groups in total. The molecule has 0 bridgehead atoms. The summed E-state index contributed by atoms with van der Waals surface area (Å²) in [7, 11) is 0. The molecule has 0 saturated heterocycles. The number of allylic oxidation sites excluding steroid dienone is 1. The van der Waals surface area contributed by atoms with Gasteiger partial charge in [0.2, 0.25) is 0 Å². The van der Waals surface area contributed by atoms with E-state index in [0.29, 0.717) is 23.4 Å². The SMILES string of the molecule is CC1C=Cc2c(oc3c(-c4nc(-c5c(-c6cccc7ccccc67)ccc6c(-c7ccccc7)cccc56)nc(-c5cccc6c5oc5ccccc56)n4)cccc23)C1. The Labute approximate surface area is 340 Å². The molecule has 0 amide bonds. The van der Waals surface area contributed by atoms with Gasteiger partial charge in [-0.3, -0.25) is 0 Å². The predicted molar refractivity (Wildman–Crippen MR) is 241 cm³/mol. The highest BCUT2D eigenvalue weighted by atomic mass is 16.3. The quantitative estimate of drug-likeness (QED) is 0.175. The highest BCUT2D eigenvalue weighted by Gasteiger charge is 2.25. The highest BCUT2D eigenvalue weighted by Crippen LogP contribution is 2.44. The zero-order valence-corrected chi connectivity index (χ0v) is 32.2. The van der Waals surface area contributed by atoms with E-state index in [1.54, 1.807) is 0 Å². The van der Waals surface area contributed by atoms with E-state index in [2.05, 4.69) is 159 Å². The van der Waals surface area contributed by atoms with Crippen molar-refractivity contribution in [2.45, 2.75) is 13.3 Å². The van der Waals surface area contributed by atoms with Crippen LogP contribution in [-0.4, -0.2) is 15.0 Å². The molecule has 59 heavy (non-hydrogen) atoms. The zero-order valence-electron chi connectivity index (χ0n) is 32.2. The van der Waals surface area contributed by atoms with E-state index >= 15 is 0 Å². The van der Waals surface area contributed by atoms with E-state index in [1.165, 1.54) is 5.39 Å². The second kappa shape index (κ2) is 13.2. The first-order valence-corrected chi connectivity index (χ1v) is 20.2. The van der Waals surface area contributed by atoms with Crippen molar-refractivity contribution in [3.8, 4) is 56.4 Å². The van der Waals surface area contributed by atoms with Crippen LogP contribution in [0, 0.1) is 5.92 Å². The van der Waals surface area contributed by atoms with Crippen LogP contribution in [0.2, 0.25) is 0 Å². The van der Waals surface area contributed by atoms with E-state index in [9.17, 15) is 0 Å². The monoisotopic (exact) mass is 757 g/mol. The van der Waals surface area contributed by atoms with Crippen LogP contribution < -0.4 is 0 Å². The van der Waals surface area contributed by atoms with Crippen LogP contribution in [0.5, 0.6) is 0 Å². The molecule has 12 rings (SSSR count). The molecule has 8 aromatic carbocycles. The second-order valence-electron chi connectivity index (χ2n) is 15.5. The molecule has 0 radical (unpaired) electrons. The minimum atomic E-state index is 0.394. The Hall–Kier alpha value is -7.63. The van der Waals surface area contributed by atoms with Crippen molar-refractivity contribution in [1.29, 1.82) is 0 Å². The maximum absolute atomic E-state index is 6.75. The zero-order chi connectivity index (χ0) is 39.0. The van der Waals surface area contributed by atoms with Gasteiger partial charge in [-0.2, -0.15) is 0 Å². The first-order chi connectivity index (χ1) is 29.2. The van der Waals surface area contributed by atoms with Gasteiger partial charge in [0, 0.05) is 33.7 Å². The Kier molecular flexibility index (Phi) is 7.51. The van der Waals surface area contributed by atoms with Crippen molar-refractivity contribution in [3.05, 3.63) is 181 Å². The number of furan rings is 2. The summed E-state index contributed by atoms with van der Waals surface area (Å²) in [6.45, 7) is 2.22. The van der Waals surface area contributed by atoms with Gasteiger partial charge in [-0.25, -0.2) is 15.0 Å². The fraction of sp³-hybridized carbons (Fsp3) is 0.0556. The van der Waals surface area contributed by atoms with E-state index in [0.717, 1.165) is 106 Å². The Bertz CT molecular complexity index is 3500. The number of benzene rings is 8. The number of nitrogens with zero attached hydrogens (tertiary/aromatic N) is 3. The summed E-state index contributed by atoms with van der Waals surface area (Å²) in [5.41, 5.74) is 10.4. The molecule has 3 aromatic heterocycles. The molecule has 0 spiro atoms. The van der Waals surface area contributed by atoms with Crippen LogP contribution in [0.4, 0.5) is 0 Å². The van der Waals surface area contributed by atoms with E-state index in [4.69, 9.17) is 23.8 Å². The van der Waals surface area contributed by atoms with E-state index < -0.39 is 0 Å². The fourth-order valence-corrected chi connectivity index (χ4v) is 9.12. The Morgan fingerprint density at radius 1 is 0.441 bits per heavy atom. The van der Waals surface area contributed by atoms with Crippen LogP contribution in [0.15, 0.2) is 179 Å². The molecule has 0 fully saturated rings. The van der Waals surface area contributed by atoms with Crippen LogP contribution in [0.25, 0.3) is 117 Å². The largest absolute Gasteiger partial charge is 0.460 e. The lowest BCUT2D eigenvalue weighted by Crippen LogP contribution is -2.02. The van der Waals surface area contributed by atoms with Gasteiger partial charge in [-0.15, -0.1) is 0 Å². The number of rotatable bonds is 5. The average molecular weight is 758 g/mol. The van der Waals surface area contributed by atoms with Gasteiger partial charge in [-0.1, -0.05) is 165 Å². The van der Waals surface area contributed by atoms with Gasteiger partial charge in [-0.05, 0) is 67.9 Å². The maximum Gasteiger partial charge on any atom is 0.167 e. The number of aromatic nitrogens is 3. The van der Waals surface area contributed by atoms with E-state index in [-0.39, 0.29) is 0 Å². The van der Waals surface area contributed by atoms with Crippen LogP contribution in [0.3, 0.4) is 0 Å². The molecule has 3 heterocycles. The van der Waals surface area contributed by atoms with Crippen molar-refractivity contribution in [2.24, 2.45) is 5.92 Å². The minimum absolute atomic E-state index is 0.394. The topological polar surface area (TPSA) is 65.0 Å². The molecule has 11 aromatic rings. The first kappa shape index (κ1) is 33.5. The number of hydrogen-bond acceptors (Lipinski definition) is 5. The van der Waals surface area contributed by atoms with Crippen LogP contribution in [0.1, 0.15) is 18.2 Å². The van der Waals surface area contributed by atoms with Gasteiger partial charge < -0.3 is 8.83 Å². The lowest BCUT2D eigenvalue weighted by atomic mass is 9.88. The fourth-order valence-electron chi connectivity index (χ4n) is 9.12. The van der Waals surface area contributed by atoms with Crippen molar-refractivity contribution in [2.75, 3.05) is 0 Å². The van der Waals surface area contributed by atoms with Gasteiger partial charge in [0.05, 0.1) is 11.1 Å². The first-order valence-electron chi connectivity index (χ1n) is 20.2. The van der Waals surface area contributed by atoms with Crippen molar-refractivity contribution in [3.63, 3.8) is 0 Å². The lowest BCUT2D eigenvalue weighted by molar-refractivity contribution is 0.514. The molecule has 278 valence electrons. The molecule has 0 saturated carbocycles. The van der Waals surface area contributed by atoms with Gasteiger partial charge in [0.15, 0.2) is 17.5 Å². The van der Waals surface area contributed by atoms with Crippen molar-refractivity contribution < 1.29 is 8.83 Å². The normalized spacial score (nSPS) is 13.9. The Morgan fingerprint density at radius 2 is 1.05 bits per heavy atom. The summed E-state index contributed by atoms with van der Waals surface area (Å²) >= 11 is 0. The predicted octanol–water partition coefficient (Wildman–Crippen LogP) is 14.4. The van der Waals surface area contributed by atoms with Crippen molar-refractivity contribution in [1.82, 2.24) is 15.0 Å². The third-order valence-corrected chi connectivity index (χ3v) is 11.9. The summed E-state index contributed by atoms with van der Waals surface area (Å²) in [6, 6.07) is 57.3. The number of para-hydroxylation sites is 3. The maximum atomic E-state index is 6.75. The number of fused-ring (bicyclic) bond motifs is 8. The molecule has 1 aliphatic carbocycles. The lowest BCUT2D eigenvalue weighted by Gasteiger charge is -2.18. The minimum Gasteiger partial charge on any atom is -0.460 e. The summed E-state index contributed by atoms with van der Waals surface area (Å²) in [6.07, 6.45) is 5.30. The van der Waals surface area contributed by atoms with Gasteiger partial charge in [0.1, 0.15) is 22.5 Å². The molecular weight excluding hydrogens is 723 g/mol. The molecule has 1 aliphatic rings. The average Bonchev–Trinajstić information content (AvgIpc) is 3.86. The van der Waals surface area contributed by atoms with Crippen LogP contribution >= 0.6 is 0 Å². The van der Waals surface area contributed by atoms with Crippen LogP contribution in [-0.2, 0) is 6.42 Å². The number of hydrogen-bond donors (Lipinski definition) is 0. The molecule has 1 unspecified atom stereocenters. The molecule has 5 heteroatoms. The molecule has 0 aliphatic heterocycles. The smallest absolute Gasteiger partial charge is 0.167 e. The van der Waals surface area contributed by atoms with Gasteiger partial charge in [0.25, 0.3) is 0 Å². The summed E-state index contributed by atoms with van der Waals surface area (Å²) < 4.78 is 13.4. The van der Waals surface area contributed by atoms with Gasteiger partial charge >= 0.3 is 0 Å². The molecular formula is C54H35N3O2. The Morgan fingerprint density at radius 3 is 1.88 bits per heavy atom. The molecule has 1 atom stereocenters.